The van der Waals surface area contributed by atoms with Gasteiger partial charge in [0, 0.05) is 16.9 Å². The number of hydrogen-bond acceptors (Lipinski definition) is 7. The lowest BCUT2D eigenvalue weighted by Crippen LogP contribution is -1.97. The number of aromatic nitrogens is 2. The molecule has 1 aliphatic rings. The normalized spacial score (nSPS) is 18.4. The van der Waals surface area contributed by atoms with Crippen LogP contribution in [0.4, 0.5) is 6.01 Å². The summed E-state index contributed by atoms with van der Waals surface area (Å²) in [6, 6.07) is 4.33. The fraction of sp³-hybridized carbons (Fsp3) is 0.417. The molecule has 3 rings (SSSR count). The highest BCUT2D eigenvalue weighted by Gasteiger charge is 2.23. The zero-order valence-electron chi connectivity index (χ0n) is 10.1. The van der Waals surface area contributed by atoms with Gasteiger partial charge in [0.25, 0.3) is 0 Å². The van der Waals surface area contributed by atoms with E-state index in [-0.39, 0.29) is 6.10 Å². The molecule has 0 spiro atoms. The van der Waals surface area contributed by atoms with Crippen molar-refractivity contribution in [3.63, 3.8) is 0 Å². The van der Waals surface area contributed by atoms with Crippen molar-refractivity contribution in [2.75, 3.05) is 11.9 Å². The van der Waals surface area contributed by atoms with E-state index in [0.29, 0.717) is 24.0 Å². The van der Waals surface area contributed by atoms with Crippen LogP contribution in [0.5, 0.6) is 0 Å². The molecule has 0 aliphatic carbocycles. The minimum absolute atomic E-state index is 0.0602. The molecular formula is C12H12N4O2S. The molecule has 2 aromatic heterocycles. The average molecular weight is 276 g/mol. The summed E-state index contributed by atoms with van der Waals surface area (Å²) in [6.07, 6.45) is 1.90. The lowest BCUT2D eigenvalue weighted by Gasteiger charge is -2.01. The molecule has 1 saturated heterocycles. The van der Waals surface area contributed by atoms with Gasteiger partial charge in [-0.15, -0.1) is 16.4 Å². The molecule has 0 amide bonds. The Labute approximate surface area is 114 Å². The predicted octanol–water partition coefficient (Wildman–Crippen LogP) is 2.47. The summed E-state index contributed by atoms with van der Waals surface area (Å²) in [5.74, 6) is 0.531. The maximum Gasteiger partial charge on any atom is 0.315 e. The van der Waals surface area contributed by atoms with Crippen LogP contribution >= 0.6 is 11.3 Å². The third kappa shape index (κ3) is 2.75. The Morgan fingerprint density at radius 1 is 1.53 bits per heavy atom. The lowest BCUT2D eigenvalue weighted by molar-refractivity contribution is 0.0897. The number of rotatable bonds is 4. The van der Waals surface area contributed by atoms with E-state index in [1.165, 1.54) is 11.3 Å². The van der Waals surface area contributed by atoms with Crippen LogP contribution in [0.2, 0.25) is 0 Å². The zero-order chi connectivity index (χ0) is 13.1. The molecule has 1 N–H and O–H groups in total. The Hall–Kier alpha value is -1.91. The molecular weight excluding hydrogens is 264 g/mol. The highest BCUT2D eigenvalue weighted by atomic mass is 32.1. The van der Waals surface area contributed by atoms with Crippen LogP contribution in [0.3, 0.4) is 0 Å². The molecule has 98 valence electrons. The molecule has 1 atom stereocenters. The largest absolute Gasteiger partial charge is 0.405 e. The number of nitrogens with zero attached hydrogens (tertiary/aromatic N) is 3. The van der Waals surface area contributed by atoms with Crippen molar-refractivity contribution in [3.05, 3.63) is 27.8 Å². The van der Waals surface area contributed by atoms with Crippen LogP contribution in [0, 0.1) is 11.3 Å². The summed E-state index contributed by atoms with van der Waals surface area (Å²) in [5.41, 5.74) is 0.673. The first-order chi connectivity index (χ1) is 9.35. The van der Waals surface area contributed by atoms with Gasteiger partial charge in [-0.2, -0.15) is 5.26 Å². The quantitative estimate of drug-likeness (QED) is 0.923. The second-order valence-electron chi connectivity index (χ2n) is 4.21. The fourth-order valence-electron chi connectivity index (χ4n) is 1.90. The van der Waals surface area contributed by atoms with Gasteiger partial charge in [0.1, 0.15) is 12.2 Å². The average Bonchev–Trinajstić information content (AvgIpc) is 3.16. The van der Waals surface area contributed by atoms with Crippen LogP contribution < -0.4 is 5.32 Å². The number of nitrogens with one attached hydrogen (secondary N) is 1. The maximum absolute atomic E-state index is 8.74. The summed E-state index contributed by atoms with van der Waals surface area (Å²) >= 11 is 1.53. The molecule has 6 nitrogen and oxygen atoms in total. The summed E-state index contributed by atoms with van der Waals surface area (Å²) in [7, 11) is 0. The molecule has 0 bridgehead atoms. The Morgan fingerprint density at radius 2 is 2.47 bits per heavy atom. The van der Waals surface area contributed by atoms with Crippen LogP contribution in [-0.4, -0.2) is 16.8 Å². The second-order valence-corrected chi connectivity index (χ2v) is 5.21. The van der Waals surface area contributed by atoms with Crippen LogP contribution in [0.25, 0.3) is 0 Å². The van der Waals surface area contributed by atoms with Gasteiger partial charge >= 0.3 is 6.01 Å². The van der Waals surface area contributed by atoms with Crippen LogP contribution in [0.1, 0.15) is 35.3 Å². The van der Waals surface area contributed by atoms with Gasteiger partial charge in [0.2, 0.25) is 5.89 Å². The maximum atomic E-state index is 8.74. The van der Waals surface area contributed by atoms with Gasteiger partial charge in [-0.25, -0.2) is 0 Å². The molecule has 1 aliphatic heterocycles. The van der Waals surface area contributed by atoms with E-state index < -0.39 is 0 Å². The molecule has 0 radical (unpaired) electrons. The summed E-state index contributed by atoms with van der Waals surface area (Å²) < 4.78 is 11.0. The minimum Gasteiger partial charge on any atom is -0.405 e. The first-order valence-corrected chi connectivity index (χ1v) is 6.89. The molecule has 3 heterocycles. The highest BCUT2D eigenvalue weighted by Crippen LogP contribution is 2.28. The van der Waals surface area contributed by atoms with Crippen molar-refractivity contribution in [1.82, 2.24) is 10.2 Å². The predicted molar refractivity (Wildman–Crippen MR) is 68.6 cm³/mol. The van der Waals surface area contributed by atoms with Gasteiger partial charge in [-0.3, -0.25) is 0 Å². The third-order valence-electron chi connectivity index (χ3n) is 2.84. The molecule has 0 unspecified atom stereocenters. The SMILES string of the molecule is N#Cc1csc(CNc2nnc([C@@H]3CCCO3)o2)c1. The van der Waals surface area contributed by atoms with Crippen molar-refractivity contribution < 1.29 is 9.15 Å². The molecule has 1 fully saturated rings. The Morgan fingerprint density at radius 3 is 3.21 bits per heavy atom. The number of hydrogen-bond donors (Lipinski definition) is 1. The molecule has 0 saturated carbocycles. The van der Waals surface area contributed by atoms with E-state index in [1.807, 2.05) is 11.4 Å². The van der Waals surface area contributed by atoms with E-state index in [2.05, 4.69) is 21.6 Å². The van der Waals surface area contributed by atoms with Crippen molar-refractivity contribution >= 4 is 17.4 Å². The number of nitriles is 1. The van der Waals surface area contributed by atoms with Crippen molar-refractivity contribution in [3.8, 4) is 6.07 Å². The minimum atomic E-state index is -0.0602. The van der Waals surface area contributed by atoms with E-state index >= 15 is 0 Å². The molecule has 2 aromatic rings. The number of anilines is 1. The lowest BCUT2D eigenvalue weighted by atomic mass is 10.2. The first-order valence-electron chi connectivity index (χ1n) is 6.01. The standard InChI is InChI=1S/C12H12N4O2S/c13-5-8-4-9(19-7-8)6-14-12-16-15-11(18-12)10-2-1-3-17-10/h4,7,10H,1-3,6H2,(H,14,16)/t10-/m0/s1. The molecule has 7 heteroatoms. The zero-order valence-corrected chi connectivity index (χ0v) is 10.9. The van der Waals surface area contributed by atoms with Crippen molar-refractivity contribution in [1.29, 1.82) is 5.26 Å². The number of thiophene rings is 1. The van der Waals surface area contributed by atoms with E-state index in [1.54, 1.807) is 0 Å². The summed E-state index contributed by atoms with van der Waals surface area (Å²) in [6.45, 7) is 1.32. The Bertz CT molecular complexity index is 595. The monoisotopic (exact) mass is 276 g/mol. The second kappa shape index (κ2) is 5.38. The van der Waals surface area contributed by atoms with Gasteiger partial charge in [0.15, 0.2) is 0 Å². The van der Waals surface area contributed by atoms with Crippen LogP contribution in [0.15, 0.2) is 15.9 Å². The Balaban J connectivity index is 1.59. The van der Waals surface area contributed by atoms with E-state index in [0.717, 1.165) is 24.3 Å². The van der Waals surface area contributed by atoms with Gasteiger partial charge in [-0.1, -0.05) is 5.10 Å². The van der Waals surface area contributed by atoms with E-state index in [4.69, 9.17) is 14.4 Å². The van der Waals surface area contributed by atoms with E-state index in [9.17, 15) is 0 Å². The van der Waals surface area contributed by atoms with Crippen molar-refractivity contribution in [2.45, 2.75) is 25.5 Å². The van der Waals surface area contributed by atoms with Crippen LogP contribution in [-0.2, 0) is 11.3 Å². The third-order valence-corrected chi connectivity index (χ3v) is 3.78. The van der Waals surface area contributed by atoms with Gasteiger partial charge < -0.3 is 14.5 Å². The first kappa shape index (κ1) is 12.1. The Kier molecular flexibility index (Phi) is 3.44. The summed E-state index contributed by atoms with van der Waals surface area (Å²) in [4.78, 5) is 1.05. The number of ether oxygens (including phenoxy) is 1. The molecule has 19 heavy (non-hydrogen) atoms. The van der Waals surface area contributed by atoms with Gasteiger partial charge in [-0.05, 0) is 18.9 Å². The fourth-order valence-corrected chi connectivity index (χ4v) is 2.65. The topological polar surface area (TPSA) is 84.0 Å². The highest BCUT2D eigenvalue weighted by molar-refractivity contribution is 7.10. The summed E-state index contributed by atoms with van der Waals surface area (Å²) in [5, 5.41) is 21.5. The van der Waals surface area contributed by atoms with Gasteiger partial charge in [0.05, 0.1) is 12.1 Å². The smallest absolute Gasteiger partial charge is 0.315 e. The van der Waals surface area contributed by atoms with Crippen molar-refractivity contribution in [2.24, 2.45) is 0 Å². The molecule has 0 aromatic carbocycles.